The van der Waals surface area contributed by atoms with Gasteiger partial charge in [-0.25, -0.2) is 9.18 Å². The van der Waals surface area contributed by atoms with Crippen LogP contribution in [0.15, 0.2) is 66.7 Å². The van der Waals surface area contributed by atoms with E-state index in [9.17, 15) is 34.1 Å². The predicted molar refractivity (Wildman–Crippen MR) is 154 cm³/mol. The number of ether oxygens (including phenoxy) is 2. The van der Waals surface area contributed by atoms with Gasteiger partial charge in [0.2, 0.25) is 0 Å². The van der Waals surface area contributed by atoms with E-state index in [0.717, 1.165) is 6.07 Å². The molecule has 1 fully saturated rings. The number of hydrogen-bond acceptors (Lipinski definition) is 9. The molecule has 0 aromatic heterocycles. The number of esters is 1. The first-order valence-electron chi connectivity index (χ1n) is 13.6. The van der Waals surface area contributed by atoms with Gasteiger partial charge in [-0.2, -0.15) is 0 Å². The zero-order valence-electron chi connectivity index (χ0n) is 23.1. The summed E-state index contributed by atoms with van der Waals surface area (Å²) in [6, 6.07) is 14.7. The third-order valence-electron chi connectivity index (χ3n) is 7.36. The van der Waals surface area contributed by atoms with Gasteiger partial charge in [0, 0.05) is 17.5 Å². The lowest BCUT2D eigenvalue weighted by Gasteiger charge is -2.26. The summed E-state index contributed by atoms with van der Waals surface area (Å²) in [5.74, 6) is -4.13. The Labute approximate surface area is 245 Å². The predicted octanol–water partition coefficient (Wildman–Crippen LogP) is 4.04. The van der Waals surface area contributed by atoms with Crippen molar-refractivity contribution in [3.05, 3.63) is 94.8 Å². The minimum atomic E-state index is -0.999. The Morgan fingerprint density at radius 3 is 2.42 bits per heavy atom. The first-order valence-corrected chi connectivity index (χ1v) is 13.6. The minimum Gasteiger partial charge on any atom is -0.507 e. The number of phenolic OH excluding ortho intramolecular Hbond substituents is 3. The number of hydrogen-bond donors (Lipinski definition) is 5. The second-order valence-corrected chi connectivity index (χ2v) is 10.1. The number of carbonyl (C=O) groups is 3. The highest BCUT2D eigenvalue weighted by Gasteiger charge is 2.30. The van der Waals surface area contributed by atoms with Crippen LogP contribution >= 0.6 is 0 Å². The number of aromatic hydroxyl groups is 3. The molecule has 1 aliphatic heterocycles. The summed E-state index contributed by atoms with van der Waals surface area (Å²) in [6.07, 6.45) is 0.419. The zero-order valence-corrected chi connectivity index (χ0v) is 23.1. The van der Waals surface area contributed by atoms with E-state index in [-0.39, 0.29) is 33.9 Å². The molecular weight excluding hydrogens is 559 g/mol. The molecule has 10 nitrogen and oxygen atoms in total. The van der Waals surface area contributed by atoms with Crippen molar-refractivity contribution in [2.75, 3.05) is 20.2 Å². The van der Waals surface area contributed by atoms with E-state index in [1.54, 1.807) is 12.1 Å². The normalized spacial score (nSPS) is 16.7. The number of rotatable bonds is 7. The number of carbonyl (C=O) groups excluding carboxylic acids is 3. The molecule has 0 radical (unpaired) electrons. The summed E-state index contributed by atoms with van der Waals surface area (Å²) in [4.78, 5) is 39.2. The van der Waals surface area contributed by atoms with Gasteiger partial charge in [0.1, 0.15) is 28.9 Å². The van der Waals surface area contributed by atoms with E-state index < -0.39 is 46.9 Å². The van der Waals surface area contributed by atoms with Gasteiger partial charge in [-0.1, -0.05) is 24.3 Å². The smallest absolute Gasteiger partial charge is 0.338 e. The lowest BCUT2D eigenvalue weighted by Crippen LogP contribution is -2.49. The average Bonchev–Trinajstić information content (AvgIpc) is 3.22. The maximum absolute atomic E-state index is 14.7. The summed E-state index contributed by atoms with van der Waals surface area (Å²) < 4.78 is 25.4. The van der Waals surface area contributed by atoms with Crippen molar-refractivity contribution in [2.24, 2.45) is 0 Å². The van der Waals surface area contributed by atoms with Gasteiger partial charge in [0.25, 0.3) is 5.91 Å². The Balaban J connectivity index is 1.31. The lowest BCUT2D eigenvalue weighted by molar-refractivity contribution is 0.0191. The molecule has 222 valence electrons. The molecule has 1 amide bonds. The number of ketones is 1. The van der Waals surface area contributed by atoms with E-state index in [4.69, 9.17) is 9.47 Å². The van der Waals surface area contributed by atoms with Gasteiger partial charge in [-0.05, 0) is 67.2 Å². The van der Waals surface area contributed by atoms with Gasteiger partial charge in [0.15, 0.2) is 17.3 Å². The fourth-order valence-electron chi connectivity index (χ4n) is 5.06. The monoisotopic (exact) mass is 588 g/mol. The molecule has 0 bridgehead atoms. The quantitative estimate of drug-likeness (QED) is 0.159. The van der Waals surface area contributed by atoms with Crippen LogP contribution < -0.4 is 15.4 Å². The number of halogens is 1. The van der Waals surface area contributed by atoms with Crippen molar-refractivity contribution < 1.29 is 43.6 Å². The standard InChI is InChI=1S/C32H29FN2O8/c1-42-27-12-11-24(37)28(29(27)33)30(39)17-7-9-18(10-8-17)32(41)43-26-6-3-13-34-16-22(26)35-31(40)21-14-19-4-2-5-23(36)20(19)15-25(21)38/h2,4-5,7-12,14-15,22,26,34,36-38H,3,6,13,16H2,1H3,(H,35,40)/t22-,26-/m1/s1. The lowest BCUT2D eigenvalue weighted by atomic mass is 10.00. The molecule has 11 heteroatoms. The number of methoxy groups -OCH3 is 1. The molecule has 43 heavy (non-hydrogen) atoms. The molecule has 1 aliphatic rings. The molecule has 4 aromatic rings. The second kappa shape index (κ2) is 12.4. The third-order valence-corrected chi connectivity index (χ3v) is 7.36. The van der Waals surface area contributed by atoms with Crippen molar-refractivity contribution >= 4 is 28.4 Å². The van der Waals surface area contributed by atoms with Crippen LogP contribution in [0.2, 0.25) is 0 Å². The van der Waals surface area contributed by atoms with Crippen LogP contribution in [0.3, 0.4) is 0 Å². The maximum Gasteiger partial charge on any atom is 0.338 e. The van der Waals surface area contributed by atoms with Crippen LogP contribution in [0.4, 0.5) is 4.39 Å². The van der Waals surface area contributed by atoms with Gasteiger partial charge in [-0.3, -0.25) is 9.59 Å². The Morgan fingerprint density at radius 1 is 0.930 bits per heavy atom. The van der Waals surface area contributed by atoms with E-state index in [2.05, 4.69) is 10.6 Å². The summed E-state index contributed by atoms with van der Waals surface area (Å²) in [5.41, 5.74) is -0.382. The van der Waals surface area contributed by atoms with Crippen LogP contribution in [0.5, 0.6) is 23.0 Å². The van der Waals surface area contributed by atoms with Crippen molar-refractivity contribution in [2.45, 2.75) is 25.0 Å². The molecule has 5 rings (SSSR count). The summed E-state index contributed by atoms with van der Waals surface area (Å²) >= 11 is 0. The molecule has 0 aliphatic carbocycles. The highest BCUT2D eigenvalue weighted by molar-refractivity contribution is 6.11. The van der Waals surface area contributed by atoms with E-state index in [0.29, 0.717) is 36.7 Å². The van der Waals surface area contributed by atoms with Crippen LogP contribution in [0.1, 0.15) is 49.5 Å². The van der Waals surface area contributed by atoms with Crippen LogP contribution in [-0.4, -0.2) is 65.3 Å². The van der Waals surface area contributed by atoms with E-state index in [1.807, 2.05) is 0 Å². The minimum absolute atomic E-state index is 0.00573. The van der Waals surface area contributed by atoms with Gasteiger partial charge < -0.3 is 35.4 Å². The highest BCUT2D eigenvalue weighted by atomic mass is 19.1. The molecule has 4 aromatic carbocycles. The Kier molecular flexibility index (Phi) is 8.44. The molecule has 1 saturated heterocycles. The highest BCUT2D eigenvalue weighted by Crippen LogP contribution is 2.32. The number of nitrogens with one attached hydrogen (secondary N) is 2. The van der Waals surface area contributed by atoms with E-state index >= 15 is 0 Å². The molecule has 2 atom stereocenters. The number of benzene rings is 4. The fraction of sp³-hybridized carbons (Fsp3) is 0.219. The number of fused-ring (bicyclic) bond motifs is 1. The third kappa shape index (κ3) is 6.07. The maximum atomic E-state index is 14.7. The van der Waals surface area contributed by atoms with Gasteiger partial charge in [-0.15, -0.1) is 0 Å². The Bertz CT molecular complexity index is 1710. The first-order chi connectivity index (χ1) is 20.7. The molecule has 1 heterocycles. The van der Waals surface area contributed by atoms with Crippen molar-refractivity contribution in [3.8, 4) is 23.0 Å². The Hall–Kier alpha value is -5.16. The largest absolute Gasteiger partial charge is 0.507 e. The molecule has 0 saturated carbocycles. The zero-order chi connectivity index (χ0) is 30.7. The number of phenols is 3. The Morgan fingerprint density at radius 2 is 1.67 bits per heavy atom. The van der Waals surface area contributed by atoms with Crippen molar-refractivity contribution in [1.82, 2.24) is 10.6 Å². The van der Waals surface area contributed by atoms with E-state index in [1.165, 1.54) is 55.6 Å². The summed E-state index contributed by atoms with van der Waals surface area (Å²) in [5, 5.41) is 37.6. The van der Waals surface area contributed by atoms with Crippen molar-refractivity contribution in [3.63, 3.8) is 0 Å². The summed E-state index contributed by atoms with van der Waals surface area (Å²) in [6.45, 7) is 0.952. The number of amides is 1. The average molecular weight is 589 g/mol. The molecule has 5 N–H and O–H groups in total. The van der Waals surface area contributed by atoms with Gasteiger partial charge in [0.05, 0.1) is 24.3 Å². The SMILES string of the molecule is COc1ccc(O)c(C(=O)c2ccc(C(=O)O[C@@H]3CCCNC[C@H]3NC(=O)c3cc4cccc(O)c4cc3O)cc2)c1F. The van der Waals surface area contributed by atoms with Crippen LogP contribution in [0, 0.1) is 5.82 Å². The van der Waals surface area contributed by atoms with Crippen LogP contribution in [-0.2, 0) is 4.74 Å². The topological polar surface area (TPSA) is 154 Å². The van der Waals surface area contributed by atoms with Crippen molar-refractivity contribution in [1.29, 1.82) is 0 Å². The molecule has 0 unspecified atom stereocenters. The molecular formula is C32H29FN2O8. The first kappa shape index (κ1) is 29.3. The fourth-order valence-corrected chi connectivity index (χ4v) is 5.06. The summed E-state index contributed by atoms with van der Waals surface area (Å²) in [7, 11) is 1.24. The molecule has 0 spiro atoms. The second-order valence-electron chi connectivity index (χ2n) is 10.1. The van der Waals surface area contributed by atoms with Gasteiger partial charge >= 0.3 is 5.97 Å². The van der Waals surface area contributed by atoms with Crippen LogP contribution in [0.25, 0.3) is 10.8 Å².